The van der Waals surface area contributed by atoms with Crippen molar-refractivity contribution in [1.82, 2.24) is 10.3 Å². The number of aliphatic hydroxyl groups excluding tert-OH is 1. The summed E-state index contributed by atoms with van der Waals surface area (Å²) in [7, 11) is 2.10. The summed E-state index contributed by atoms with van der Waals surface area (Å²) in [5.74, 6) is 0. The molecule has 5 nitrogen and oxygen atoms in total. The molecule has 0 bridgehead atoms. The standard InChI is InChI=1S/C13H18N4O/c1-17(8-6-15-7-8)11-3-2-10(13(14)18)12-9(11)4-5-16-12/h2-5,8,13,15-16,18H,6-7,14H2,1H3. The summed E-state index contributed by atoms with van der Waals surface area (Å²) < 4.78 is 0. The molecular formula is C13H18N4O. The molecule has 0 spiro atoms. The molecule has 0 radical (unpaired) electrons. The molecule has 1 atom stereocenters. The van der Waals surface area contributed by atoms with Crippen molar-refractivity contribution >= 4 is 16.6 Å². The Kier molecular flexibility index (Phi) is 2.74. The third-order valence-corrected chi connectivity index (χ3v) is 3.74. The van der Waals surface area contributed by atoms with Gasteiger partial charge in [0.25, 0.3) is 0 Å². The summed E-state index contributed by atoms with van der Waals surface area (Å²) in [6.45, 7) is 2.04. The molecule has 1 aromatic heterocycles. The highest BCUT2D eigenvalue weighted by Gasteiger charge is 2.23. The minimum absolute atomic E-state index is 0.539. The van der Waals surface area contributed by atoms with E-state index in [9.17, 15) is 5.11 Å². The van der Waals surface area contributed by atoms with Crippen LogP contribution in [0.25, 0.3) is 10.9 Å². The van der Waals surface area contributed by atoms with Crippen molar-refractivity contribution in [2.45, 2.75) is 12.3 Å². The first-order valence-electron chi connectivity index (χ1n) is 6.15. The summed E-state index contributed by atoms with van der Waals surface area (Å²) in [6.07, 6.45) is 0.934. The number of nitrogens with two attached hydrogens (primary N) is 1. The van der Waals surface area contributed by atoms with Crippen molar-refractivity contribution in [3.8, 4) is 0 Å². The van der Waals surface area contributed by atoms with Crippen molar-refractivity contribution < 1.29 is 5.11 Å². The van der Waals surface area contributed by atoms with Gasteiger partial charge in [-0.05, 0) is 12.1 Å². The molecule has 5 N–H and O–H groups in total. The van der Waals surface area contributed by atoms with Crippen LogP contribution >= 0.6 is 0 Å². The van der Waals surface area contributed by atoms with E-state index in [1.807, 2.05) is 24.4 Å². The highest BCUT2D eigenvalue weighted by atomic mass is 16.3. The normalized spacial score (nSPS) is 17.7. The number of likely N-dealkylation sites (N-methyl/N-ethyl adjacent to an activating group) is 1. The van der Waals surface area contributed by atoms with E-state index in [0.29, 0.717) is 6.04 Å². The smallest absolute Gasteiger partial charge is 0.130 e. The quantitative estimate of drug-likeness (QED) is 0.596. The lowest BCUT2D eigenvalue weighted by molar-refractivity contribution is 0.187. The van der Waals surface area contributed by atoms with Crippen molar-refractivity contribution in [1.29, 1.82) is 0 Å². The van der Waals surface area contributed by atoms with Crippen molar-refractivity contribution in [2.24, 2.45) is 5.73 Å². The number of anilines is 1. The maximum atomic E-state index is 9.57. The number of hydrogen-bond donors (Lipinski definition) is 4. The Bertz CT molecular complexity index is 559. The van der Waals surface area contributed by atoms with Crippen LogP contribution in [0.4, 0.5) is 5.69 Å². The number of aromatic nitrogens is 1. The Hall–Kier alpha value is -1.56. The monoisotopic (exact) mass is 246 g/mol. The molecule has 2 heterocycles. The van der Waals surface area contributed by atoms with E-state index in [0.717, 1.165) is 29.6 Å². The van der Waals surface area contributed by atoms with E-state index in [4.69, 9.17) is 5.73 Å². The lowest BCUT2D eigenvalue weighted by atomic mass is 10.1. The molecular weight excluding hydrogens is 228 g/mol. The highest BCUT2D eigenvalue weighted by Crippen LogP contribution is 2.31. The van der Waals surface area contributed by atoms with Gasteiger partial charge >= 0.3 is 0 Å². The van der Waals surface area contributed by atoms with Gasteiger partial charge in [0.2, 0.25) is 0 Å². The van der Waals surface area contributed by atoms with E-state index < -0.39 is 6.23 Å². The number of nitrogens with zero attached hydrogens (tertiary/aromatic N) is 1. The molecule has 2 aromatic rings. The van der Waals surface area contributed by atoms with Gasteiger partial charge in [-0.25, -0.2) is 0 Å². The van der Waals surface area contributed by atoms with Crippen LogP contribution in [0.5, 0.6) is 0 Å². The molecule has 5 heteroatoms. The fourth-order valence-electron chi connectivity index (χ4n) is 2.46. The van der Waals surface area contributed by atoms with E-state index >= 15 is 0 Å². The summed E-state index contributed by atoms with van der Waals surface area (Å²) in [6, 6.07) is 6.48. The first-order chi connectivity index (χ1) is 8.68. The molecule has 1 aliphatic rings. The average molecular weight is 246 g/mol. The van der Waals surface area contributed by atoms with Gasteiger partial charge in [0.1, 0.15) is 6.23 Å². The van der Waals surface area contributed by atoms with Crippen LogP contribution in [-0.2, 0) is 0 Å². The molecule has 1 fully saturated rings. The predicted octanol–water partition coefficient (Wildman–Crippen LogP) is 0.526. The Morgan fingerprint density at radius 2 is 2.17 bits per heavy atom. The minimum Gasteiger partial charge on any atom is -0.374 e. The number of nitrogens with one attached hydrogen (secondary N) is 2. The van der Waals surface area contributed by atoms with E-state index in [-0.39, 0.29) is 0 Å². The van der Waals surface area contributed by atoms with Crippen LogP contribution in [0, 0.1) is 0 Å². The average Bonchev–Trinajstić information content (AvgIpc) is 2.73. The molecule has 0 aliphatic carbocycles. The molecule has 1 aliphatic heterocycles. The fraction of sp³-hybridized carbons (Fsp3) is 0.385. The zero-order valence-electron chi connectivity index (χ0n) is 10.4. The van der Waals surface area contributed by atoms with Crippen molar-refractivity contribution in [2.75, 3.05) is 25.0 Å². The first kappa shape index (κ1) is 11.5. The maximum absolute atomic E-state index is 9.57. The molecule has 1 unspecified atom stereocenters. The Labute approximate surface area is 106 Å². The molecule has 0 amide bonds. The van der Waals surface area contributed by atoms with E-state index in [1.165, 1.54) is 5.69 Å². The van der Waals surface area contributed by atoms with Crippen LogP contribution in [0.2, 0.25) is 0 Å². The number of hydrogen-bond acceptors (Lipinski definition) is 4. The summed E-state index contributed by atoms with van der Waals surface area (Å²) >= 11 is 0. The van der Waals surface area contributed by atoms with E-state index in [2.05, 4.69) is 22.2 Å². The fourth-order valence-corrected chi connectivity index (χ4v) is 2.46. The topological polar surface area (TPSA) is 77.3 Å². The molecule has 18 heavy (non-hydrogen) atoms. The second kappa shape index (κ2) is 4.28. The Morgan fingerprint density at radius 3 is 2.78 bits per heavy atom. The van der Waals surface area contributed by atoms with Crippen LogP contribution in [0.15, 0.2) is 24.4 Å². The zero-order chi connectivity index (χ0) is 12.7. The third kappa shape index (κ3) is 1.68. The van der Waals surface area contributed by atoms with Gasteiger partial charge in [0.15, 0.2) is 0 Å². The Balaban J connectivity index is 2.08. The van der Waals surface area contributed by atoms with Gasteiger partial charge in [-0.2, -0.15) is 0 Å². The van der Waals surface area contributed by atoms with Gasteiger partial charge < -0.3 is 26.0 Å². The molecule has 1 aromatic carbocycles. The lowest BCUT2D eigenvalue weighted by Crippen LogP contribution is -2.56. The zero-order valence-corrected chi connectivity index (χ0v) is 10.4. The second-order valence-corrected chi connectivity index (χ2v) is 4.81. The van der Waals surface area contributed by atoms with Gasteiger partial charge in [-0.15, -0.1) is 0 Å². The number of H-pyrrole nitrogens is 1. The number of aliphatic hydroxyl groups is 1. The third-order valence-electron chi connectivity index (χ3n) is 3.74. The lowest BCUT2D eigenvalue weighted by Gasteiger charge is -2.37. The van der Waals surface area contributed by atoms with E-state index in [1.54, 1.807) is 0 Å². The molecule has 3 rings (SSSR count). The number of benzene rings is 1. The summed E-state index contributed by atoms with van der Waals surface area (Å²) in [5.41, 5.74) is 8.40. The minimum atomic E-state index is -0.948. The summed E-state index contributed by atoms with van der Waals surface area (Å²) in [4.78, 5) is 5.43. The number of rotatable bonds is 3. The molecule has 0 saturated carbocycles. The van der Waals surface area contributed by atoms with Crippen LogP contribution < -0.4 is 16.0 Å². The van der Waals surface area contributed by atoms with Crippen molar-refractivity contribution in [3.63, 3.8) is 0 Å². The van der Waals surface area contributed by atoms with Gasteiger partial charge in [-0.3, -0.25) is 0 Å². The van der Waals surface area contributed by atoms with Crippen LogP contribution in [0.3, 0.4) is 0 Å². The largest absolute Gasteiger partial charge is 0.374 e. The van der Waals surface area contributed by atoms with Crippen LogP contribution in [-0.4, -0.2) is 36.3 Å². The first-order valence-corrected chi connectivity index (χ1v) is 6.15. The maximum Gasteiger partial charge on any atom is 0.130 e. The number of fused-ring (bicyclic) bond motifs is 1. The molecule has 1 saturated heterocycles. The van der Waals surface area contributed by atoms with Gasteiger partial charge in [0.05, 0.1) is 11.6 Å². The highest BCUT2D eigenvalue weighted by molar-refractivity contribution is 5.94. The predicted molar refractivity (Wildman–Crippen MR) is 72.5 cm³/mol. The Morgan fingerprint density at radius 1 is 1.39 bits per heavy atom. The van der Waals surface area contributed by atoms with Gasteiger partial charge in [-0.1, -0.05) is 6.07 Å². The van der Waals surface area contributed by atoms with Crippen LogP contribution in [0.1, 0.15) is 11.8 Å². The SMILES string of the molecule is CN(c1ccc(C(N)O)c2[nH]ccc12)C1CNC1. The van der Waals surface area contributed by atoms with Gasteiger partial charge in [0, 0.05) is 43.0 Å². The second-order valence-electron chi connectivity index (χ2n) is 4.81. The number of aromatic amines is 1. The molecule has 96 valence electrons. The van der Waals surface area contributed by atoms with Crippen molar-refractivity contribution in [3.05, 3.63) is 30.0 Å². The summed E-state index contributed by atoms with van der Waals surface area (Å²) in [5, 5.41) is 13.9.